The molecule has 5 nitrogen and oxygen atoms in total. The highest BCUT2D eigenvalue weighted by Crippen LogP contribution is 2.01. The van der Waals surface area contributed by atoms with Gasteiger partial charge in [0.2, 0.25) is 10.0 Å². The molecular weight excluding hydrogens is 190 g/mol. The van der Waals surface area contributed by atoms with Crippen molar-refractivity contribution in [3.05, 3.63) is 17.5 Å². The van der Waals surface area contributed by atoms with Gasteiger partial charge >= 0.3 is 0 Å². The minimum Gasteiger partial charge on any atom is -0.271 e. The normalized spacial score (nSPS) is 11.9. The zero-order valence-electron chi connectivity index (χ0n) is 7.90. The topological polar surface area (TPSA) is 64.0 Å². The molecule has 0 aliphatic heterocycles. The second-order valence-corrected chi connectivity index (χ2v) is 4.83. The molecule has 0 unspecified atom stereocenters. The molecule has 1 aromatic rings. The van der Waals surface area contributed by atoms with Gasteiger partial charge in [0, 0.05) is 7.05 Å². The van der Waals surface area contributed by atoms with Gasteiger partial charge in [-0.2, -0.15) is 5.10 Å². The molecule has 0 saturated heterocycles. The second kappa shape index (κ2) is 3.47. The van der Waals surface area contributed by atoms with Crippen molar-refractivity contribution in [3.8, 4) is 0 Å². The molecule has 0 spiro atoms. The lowest BCUT2D eigenvalue weighted by Gasteiger charge is -2.01. The minimum atomic E-state index is -3.12. The van der Waals surface area contributed by atoms with Gasteiger partial charge in [0.05, 0.1) is 24.2 Å². The van der Waals surface area contributed by atoms with Gasteiger partial charge in [0.15, 0.2) is 0 Å². The smallest absolute Gasteiger partial charge is 0.209 e. The fourth-order valence-electron chi connectivity index (χ4n) is 1.03. The summed E-state index contributed by atoms with van der Waals surface area (Å²) in [7, 11) is -1.34. The Morgan fingerprint density at radius 1 is 1.62 bits per heavy atom. The molecule has 0 aliphatic carbocycles. The summed E-state index contributed by atoms with van der Waals surface area (Å²) in [4.78, 5) is 0. The number of aromatic nitrogens is 2. The van der Waals surface area contributed by atoms with Crippen molar-refractivity contribution < 1.29 is 8.42 Å². The highest BCUT2D eigenvalue weighted by Gasteiger charge is 2.04. The summed E-state index contributed by atoms with van der Waals surface area (Å²) >= 11 is 0. The van der Waals surface area contributed by atoms with Gasteiger partial charge in [-0.05, 0) is 13.0 Å². The van der Waals surface area contributed by atoms with E-state index in [0.717, 1.165) is 17.6 Å². The molecule has 13 heavy (non-hydrogen) atoms. The van der Waals surface area contributed by atoms with Gasteiger partial charge in [-0.1, -0.05) is 0 Å². The Bertz CT molecular complexity index is 394. The van der Waals surface area contributed by atoms with Crippen molar-refractivity contribution in [1.29, 1.82) is 0 Å². The molecule has 0 radical (unpaired) electrons. The summed E-state index contributed by atoms with van der Waals surface area (Å²) in [5.74, 6) is 0. The van der Waals surface area contributed by atoms with Crippen molar-refractivity contribution in [3.63, 3.8) is 0 Å². The van der Waals surface area contributed by atoms with E-state index >= 15 is 0 Å². The Balaban J connectivity index is 2.70. The molecule has 6 heteroatoms. The molecule has 1 aromatic heterocycles. The Kier molecular flexibility index (Phi) is 2.72. The molecule has 0 aliphatic rings. The monoisotopic (exact) mass is 203 g/mol. The summed E-state index contributed by atoms with van der Waals surface area (Å²) in [6.45, 7) is 2.15. The summed E-state index contributed by atoms with van der Waals surface area (Å²) in [6.07, 6.45) is 1.14. The van der Waals surface area contributed by atoms with E-state index in [0.29, 0.717) is 0 Å². The predicted octanol–water partition coefficient (Wildman–Crippen LogP) is -0.222. The molecular formula is C7H13N3O2S. The number of nitrogens with one attached hydrogen (secondary N) is 1. The van der Waals surface area contributed by atoms with E-state index in [9.17, 15) is 8.42 Å². The summed E-state index contributed by atoms with van der Waals surface area (Å²) in [6, 6.07) is 1.85. The number of rotatable bonds is 3. The lowest BCUT2D eigenvalue weighted by atomic mass is 10.4. The maximum Gasteiger partial charge on any atom is 0.209 e. The Labute approximate surface area is 77.8 Å². The molecule has 1 heterocycles. The number of hydrogen-bond acceptors (Lipinski definition) is 3. The first-order chi connectivity index (χ1) is 5.88. The van der Waals surface area contributed by atoms with Crippen LogP contribution in [0.15, 0.2) is 6.07 Å². The average Bonchev–Trinajstić information content (AvgIpc) is 2.24. The quantitative estimate of drug-likeness (QED) is 0.738. The van der Waals surface area contributed by atoms with Crippen LogP contribution in [0, 0.1) is 6.92 Å². The Hall–Kier alpha value is -0.880. The van der Waals surface area contributed by atoms with Crippen molar-refractivity contribution in [2.45, 2.75) is 13.5 Å². The molecule has 74 valence electrons. The van der Waals surface area contributed by atoms with E-state index in [1.165, 1.54) is 0 Å². The zero-order chi connectivity index (χ0) is 10.1. The van der Waals surface area contributed by atoms with Gasteiger partial charge in [0.25, 0.3) is 0 Å². The lowest BCUT2D eigenvalue weighted by molar-refractivity contribution is 0.583. The van der Waals surface area contributed by atoms with Crippen molar-refractivity contribution in [2.24, 2.45) is 7.05 Å². The first-order valence-electron chi connectivity index (χ1n) is 3.82. The Morgan fingerprint density at radius 2 is 2.23 bits per heavy atom. The first-order valence-corrected chi connectivity index (χ1v) is 5.72. The maximum atomic E-state index is 10.8. The number of hydrogen-bond donors (Lipinski definition) is 1. The van der Waals surface area contributed by atoms with E-state index in [-0.39, 0.29) is 6.54 Å². The maximum absolute atomic E-state index is 10.8. The van der Waals surface area contributed by atoms with Crippen LogP contribution in [0.2, 0.25) is 0 Å². The standard InChI is InChI=1S/C7H13N3O2S/c1-6-4-7(10(2)9-6)5-8-13(3,11)12/h4,8H,5H2,1-3H3. The van der Waals surface area contributed by atoms with Crippen LogP contribution in [0.4, 0.5) is 0 Å². The second-order valence-electron chi connectivity index (χ2n) is 2.99. The molecule has 0 atom stereocenters. The molecule has 0 amide bonds. The minimum absolute atomic E-state index is 0.288. The third kappa shape index (κ3) is 3.16. The number of aryl methyl sites for hydroxylation is 2. The van der Waals surface area contributed by atoms with E-state index in [1.54, 1.807) is 11.7 Å². The van der Waals surface area contributed by atoms with Gasteiger partial charge < -0.3 is 0 Å². The van der Waals surface area contributed by atoms with E-state index in [1.807, 2.05) is 13.0 Å². The van der Waals surface area contributed by atoms with Gasteiger partial charge in [-0.15, -0.1) is 0 Å². The van der Waals surface area contributed by atoms with Crippen LogP contribution < -0.4 is 4.72 Å². The van der Waals surface area contributed by atoms with Crippen LogP contribution in [0.5, 0.6) is 0 Å². The molecule has 0 aromatic carbocycles. The van der Waals surface area contributed by atoms with Crippen LogP contribution >= 0.6 is 0 Å². The highest BCUT2D eigenvalue weighted by atomic mass is 32.2. The largest absolute Gasteiger partial charge is 0.271 e. The summed E-state index contributed by atoms with van der Waals surface area (Å²) in [5, 5.41) is 4.09. The third-order valence-electron chi connectivity index (χ3n) is 1.61. The fourth-order valence-corrected chi connectivity index (χ4v) is 1.44. The van der Waals surface area contributed by atoms with E-state index in [2.05, 4.69) is 9.82 Å². The highest BCUT2D eigenvalue weighted by molar-refractivity contribution is 7.88. The van der Waals surface area contributed by atoms with Gasteiger partial charge in [-0.3, -0.25) is 4.68 Å². The first kappa shape index (κ1) is 10.2. The molecule has 0 bridgehead atoms. The predicted molar refractivity (Wildman–Crippen MR) is 49.6 cm³/mol. The molecule has 1 N–H and O–H groups in total. The SMILES string of the molecule is Cc1cc(CNS(C)(=O)=O)n(C)n1. The third-order valence-corrected chi connectivity index (χ3v) is 2.28. The molecule has 0 saturated carbocycles. The number of nitrogens with zero attached hydrogens (tertiary/aromatic N) is 2. The van der Waals surface area contributed by atoms with Crippen molar-refractivity contribution in [2.75, 3.05) is 6.26 Å². The fraction of sp³-hybridized carbons (Fsp3) is 0.571. The number of sulfonamides is 1. The van der Waals surface area contributed by atoms with Crippen LogP contribution in [0.1, 0.15) is 11.4 Å². The van der Waals surface area contributed by atoms with Crippen LogP contribution in [0.25, 0.3) is 0 Å². The average molecular weight is 203 g/mol. The summed E-state index contributed by atoms with van der Waals surface area (Å²) < 4.78 is 25.6. The van der Waals surface area contributed by atoms with Gasteiger partial charge in [0.1, 0.15) is 0 Å². The molecule has 1 rings (SSSR count). The molecule has 0 fully saturated rings. The zero-order valence-corrected chi connectivity index (χ0v) is 8.72. The summed E-state index contributed by atoms with van der Waals surface area (Å²) in [5.41, 5.74) is 1.73. The van der Waals surface area contributed by atoms with E-state index < -0.39 is 10.0 Å². The van der Waals surface area contributed by atoms with Crippen molar-refractivity contribution in [1.82, 2.24) is 14.5 Å². The Morgan fingerprint density at radius 3 is 2.62 bits per heavy atom. The van der Waals surface area contributed by atoms with Crippen molar-refractivity contribution >= 4 is 10.0 Å². The van der Waals surface area contributed by atoms with E-state index in [4.69, 9.17) is 0 Å². The van der Waals surface area contributed by atoms with Crippen LogP contribution in [-0.2, 0) is 23.6 Å². The lowest BCUT2D eigenvalue weighted by Crippen LogP contribution is -2.22. The van der Waals surface area contributed by atoms with Gasteiger partial charge in [-0.25, -0.2) is 13.1 Å². The van der Waals surface area contributed by atoms with Crippen LogP contribution in [-0.4, -0.2) is 24.5 Å². The van der Waals surface area contributed by atoms with Crippen LogP contribution in [0.3, 0.4) is 0 Å².